The highest BCUT2D eigenvalue weighted by molar-refractivity contribution is 7.90. The zero-order valence-electron chi connectivity index (χ0n) is 10.9. The van der Waals surface area contributed by atoms with E-state index in [0.29, 0.717) is 5.76 Å². The quantitative estimate of drug-likeness (QED) is 0.657. The Hall–Kier alpha value is -2.28. The molecule has 2 rings (SSSR count). The van der Waals surface area contributed by atoms with Crippen molar-refractivity contribution in [3.05, 3.63) is 54.0 Å². The second-order valence-corrected chi connectivity index (χ2v) is 5.88. The molecule has 7 heteroatoms. The van der Waals surface area contributed by atoms with Crippen LogP contribution >= 0.6 is 0 Å². The van der Waals surface area contributed by atoms with E-state index in [-0.39, 0.29) is 17.4 Å². The monoisotopic (exact) mass is 293 g/mol. The highest BCUT2D eigenvalue weighted by atomic mass is 32.2. The summed E-state index contributed by atoms with van der Waals surface area (Å²) in [5.41, 5.74) is 6.54. The molecule has 0 saturated carbocycles. The highest BCUT2D eigenvalue weighted by Crippen LogP contribution is 2.09. The molecule has 0 aliphatic heterocycles. The molecule has 0 aliphatic rings. The van der Waals surface area contributed by atoms with E-state index in [1.807, 2.05) is 6.92 Å². The van der Waals surface area contributed by atoms with Crippen molar-refractivity contribution in [3.63, 3.8) is 0 Å². The second kappa shape index (κ2) is 5.79. The zero-order valence-corrected chi connectivity index (χ0v) is 11.7. The lowest BCUT2D eigenvalue weighted by atomic mass is 10.2. The maximum atomic E-state index is 12.0. The van der Waals surface area contributed by atoms with Crippen molar-refractivity contribution in [3.8, 4) is 0 Å². The Bertz CT molecular complexity index is 689. The van der Waals surface area contributed by atoms with Gasteiger partial charge in [-0.3, -0.25) is 0 Å². The SMILES string of the molecule is Cc1ccc(S(=O)(=O)NC(N)=NCc2ccco2)cc1. The molecule has 1 aromatic heterocycles. The van der Waals surface area contributed by atoms with Crippen molar-refractivity contribution in [1.82, 2.24) is 4.72 Å². The first kappa shape index (κ1) is 14.1. The van der Waals surface area contributed by atoms with E-state index in [1.165, 1.54) is 18.4 Å². The summed E-state index contributed by atoms with van der Waals surface area (Å²) in [6.45, 7) is 2.05. The van der Waals surface area contributed by atoms with Crippen LogP contribution in [0.3, 0.4) is 0 Å². The number of nitrogens with two attached hydrogens (primary N) is 1. The van der Waals surface area contributed by atoms with Crippen LogP contribution in [0.4, 0.5) is 0 Å². The highest BCUT2D eigenvalue weighted by Gasteiger charge is 2.14. The Balaban J connectivity index is 2.07. The molecule has 0 saturated heterocycles. The standard InChI is InChI=1S/C13H15N3O3S/c1-10-4-6-12(7-5-10)20(17,18)16-13(14)15-9-11-3-2-8-19-11/h2-8H,9H2,1H3,(H3,14,15,16). The van der Waals surface area contributed by atoms with Crippen molar-refractivity contribution in [2.75, 3.05) is 0 Å². The molecular formula is C13H15N3O3S. The van der Waals surface area contributed by atoms with Gasteiger partial charge in [0.1, 0.15) is 12.3 Å². The molecule has 2 aromatic rings. The molecular weight excluding hydrogens is 278 g/mol. The number of furan rings is 1. The predicted octanol–water partition coefficient (Wildman–Crippen LogP) is 1.38. The molecule has 106 valence electrons. The van der Waals surface area contributed by atoms with Crippen LogP contribution in [0.1, 0.15) is 11.3 Å². The summed E-state index contributed by atoms with van der Waals surface area (Å²) < 4.78 is 31.3. The summed E-state index contributed by atoms with van der Waals surface area (Å²) >= 11 is 0. The number of sulfonamides is 1. The Morgan fingerprint density at radius 2 is 2.00 bits per heavy atom. The molecule has 1 heterocycles. The maximum Gasteiger partial charge on any atom is 0.264 e. The van der Waals surface area contributed by atoms with Crippen LogP contribution in [0, 0.1) is 6.92 Å². The van der Waals surface area contributed by atoms with Gasteiger partial charge in [-0.2, -0.15) is 0 Å². The van der Waals surface area contributed by atoms with Crippen molar-refractivity contribution in [2.24, 2.45) is 10.7 Å². The van der Waals surface area contributed by atoms with Gasteiger partial charge in [-0.1, -0.05) is 17.7 Å². The second-order valence-electron chi connectivity index (χ2n) is 4.20. The van der Waals surface area contributed by atoms with Gasteiger partial charge in [0.25, 0.3) is 10.0 Å². The first-order valence-electron chi connectivity index (χ1n) is 5.89. The Labute approximate surface area is 117 Å². The van der Waals surface area contributed by atoms with E-state index in [0.717, 1.165) is 5.56 Å². The molecule has 0 atom stereocenters. The first-order chi connectivity index (χ1) is 9.47. The average Bonchev–Trinajstić information content (AvgIpc) is 2.89. The van der Waals surface area contributed by atoms with Gasteiger partial charge in [-0.05, 0) is 31.2 Å². The van der Waals surface area contributed by atoms with Gasteiger partial charge < -0.3 is 10.2 Å². The van der Waals surface area contributed by atoms with E-state index in [9.17, 15) is 8.42 Å². The summed E-state index contributed by atoms with van der Waals surface area (Å²) in [6.07, 6.45) is 1.51. The number of benzene rings is 1. The minimum absolute atomic E-state index is 0.138. The minimum Gasteiger partial charge on any atom is -0.467 e. The summed E-state index contributed by atoms with van der Waals surface area (Å²) in [4.78, 5) is 4.04. The fourth-order valence-corrected chi connectivity index (χ4v) is 2.46. The van der Waals surface area contributed by atoms with Crippen LogP contribution in [-0.2, 0) is 16.6 Å². The van der Waals surface area contributed by atoms with Crippen LogP contribution < -0.4 is 10.5 Å². The van der Waals surface area contributed by atoms with Gasteiger partial charge in [-0.15, -0.1) is 0 Å². The third-order valence-electron chi connectivity index (χ3n) is 2.56. The van der Waals surface area contributed by atoms with Gasteiger partial charge >= 0.3 is 0 Å². The molecule has 0 radical (unpaired) electrons. The lowest BCUT2D eigenvalue weighted by molar-refractivity contribution is 0.512. The number of rotatable bonds is 4. The Morgan fingerprint density at radius 1 is 1.30 bits per heavy atom. The van der Waals surface area contributed by atoms with Crippen molar-refractivity contribution < 1.29 is 12.8 Å². The molecule has 20 heavy (non-hydrogen) atoms. The van der Waals surface area contributed by atoms with E-state index in [4.69, 9.17) is 10.2 Å². The van der Waals surface area contributed by atoms with E-state index in [1.54, 1.807) is 24.3 Å². The summed E-state index contributed by atoms with van der Waals surface area (Å²) in [5, 5.41) is 0. The molecule has 0 bridgehead atoms. The number of guanidine groups is 1. The van der Waals surface area contributed by atoms with Gasteiger partial charge in [-0.25, -0.2) is 18.1 Å². The lowest BCUT2D eigenvalue weighted by Gasteiger charge is -2.07. The van der Waals surface area contributed by atoms with Crippen LogP contribution in [0.15, 0.2) is 57.0 Å². The average molecular weight is 293 g/mol. The number of aliphatic imine (C=N–C) groups is 1. The van der Waals surface area contributed by atoms with Gasteiger partial charge in [0, 0.05) is 0 Å². The normalized spacial score (nSPS) is 12.3. The number of hydrogen-bond donors (Lipinski definition) is 2. The third kappa shape index (κ3) is 3.61. The molecule has 0 unspecified atom stereocenters. The molecule has 0 aliphatic carbocycles. The Morgan fingerprint density at radius 3 is 2.60 bits per heavy atom. The molecule has 1 aromatic carbocycles. The molecule has 0 spiro atoms. The number of aryl methyl sites for hydroxylation is 1. The lowest BCUT2D eigenvalue weighted by Crippen LogP contribution is -2.36. The smallest absolute Gasteiger partial charge is 0.264 e. The molecule has 3 N–H and O–H groups in total. The predicted molar refractivity (Wildman–Crippen MR) is 75.5 cm³/mol. The first-order valence-corrected chi connectivity index (χ1v) is 7.37. The third-order valence-corrected chi connectivity index (χ3v) is 3.93. The van der Waals surface area contributed by atoms with Gasteiger partial charge in [0.05, 0.1) is 11.2 Å². The van der Waals surface area contributed by atoms with Gasteiger partial charge in [0.2, 0.25) is 5.96 Å². The fraction of sp³-hybridized carbons (Fsp3) is 0.154. The summed E-state index contributed by atoms with van der Waals surface area (Å²) in [7, 11) is -3.70. The summed E-state index contributed by atoms with van der Waals surface area (Å²) in [6, 6.07) is 9.90. The van der Waals surface area contributed by atoms with Gasteiger partial charge in [0.15, 0.2) is 0 Å². The van der Waals surface area contributed by atoms with E-state index in [2.05, 4.69) is 9.71 Å². The van der Waals surface area contributed by atoms with Crippen LogP contribution in [-0.4, -0.2) is 14.4 Å². The molecule has 0 amide bonds. The summed E-state index contributed by atoms with van der Waals surface area (Å²) in [5.74, 6) is 0.421. The van der Waals surface area contributed by atoms with Crippen LogP contribution in [0.2, 0.25) is 0 Å². The number of hydrogen-bond acceptors (Lipinski definition) is 4. The maximum absolute atomic E-state index is 12.0. The largest absolute Gasteiger partial charge is 0.467 e. The van der Waals surface area contributed by atoms with Crippen molar-refractivity contribution in [1.29, 1.82) is 0 Å². The zero-order chi connectivity index (χ0) is 14.6. The van der Waals surface area contributed by atoms with Crippen LogP contribution in [0.5, 0.6) is 0 Å². The van der Waals surface area contributed by atoms with Crippen molar-refractivity contribution in [2.45, 2.75) is 18.4 Å². The number of nitrogens with one attached hydrogen (secondary N) is 1. The number of nitrogens with zero attached hydrogens (tertiary/aromatic N) is 1. The van der Waals surface area contributed by atoms with Crippen molar-refractivity contribution >= 4 is 16.0 Å². The fourth-order valence-electron chi connectivity index (χ4n) is 1.51. The Kier molecular flexibility index (Phi) is 4.09. The minimum atomic E-state index is -3.70. The van der Waals surface area contributed by atoms with E-state index < -0.39 is 10.0 Å². The molecule has 6 nitrogen and oxygen atoms in total. The molecule has 0 fully saturated rings. The van der Waals surface area contributed by atoms with Crippen LogP contribution in [0.25, 0.3) is 0 Å². The topological polar surface area (TPSA) is 97.7 Å². The van der Waals surface area contributed by atoms with E-state index >= 15 is 0 Å².